The summed E-state index contributed by atoms with van der Waals surface area (Å²) in [5.74, 6) is 1.20. The molecule has 22 heavy (non-hydrogen) atoms. The van der Waals surface area contributed by atoms with Gasteiger partial charge in [0.05, 0.1) is 21.3 Å². The molecule has 0 bridgehead atoms. The standard InChI is InChI=1S/C17H20O5/c1-10(11-5-6-13(18)14(7-11)20-2)12-8-15(21-3)17(19)16(9-12)22-4/h5-10,18-19H,1-4H3. The first kappa shape index (κ1) is 15.8. The highest BCUT2D eigenvalue weighted by Gasteiger charge is 2.17. The van der Waals surface area contributed by atoms with Gasteiger partial charge in [0, 0.05) is 5.92 Å². The highest BCUT2D eigenvalue weighted by molar-refractivity contribution is 5.55. The van der Waals surface area contributed by atoms with Gasteiger partial charge >= 0.3 is 0 Å². The van der Waals surface area contributed by atoms with Crippen molar-refractivity contribution in [2.75, 3.05) is 21.3 Å². The van der Waals surface area contributed by atoms with Crippen molar-refractivity contribution in [1.82, 2.24) is 0 Å². The summed E-state index contributed by atoms with van der Waals surface area (Å²) in [5, 5.41) is 19.7. The summed E-state index contributed by atoms with van der Waals surface area (Å²) in [7, 11) is 4.50. The first-order chi connectivity index (χ1) is 10.5. The van der Waals surface area contributed by atoms with Gasteiger partial charge in [-0.25, -0.2) is 0 Å². The van der Waals surface area contributed by atoms with Crippen LogP contribution >= 0.6 is 0 Å². The van der Waals surface area contributed by atoms with E-state index in [0.717, 1.165) is 11.1 Å². The quantitative estimate of drug-likeness (QED) is 0.887. The van der Waals surface area contributed by atoms with Crippen molar-refractivity contribution in [3.05, 3.63) is 41.5 Å². The average Bonchev–Trinajstić information content (AvgIpc) is 2.54. The van der Waals surface area contributed by atoms with Crippen molar-refractivity contribution in [3.63, 3.8) is 0 Å². The molecule has 2 aromatic rings. The van der Waals surface area contributed by atoms with Crippen LogP contribution in [-0.4, -0.2) is 31.5 Å². The zero-order chi connectivity index (χ0) is 16.3. The van der Waals surface area contributed by atoms with E-state index in [1.807, 2.05) is 13.0 Å². The van der Waals surface area contributed by atoms with E-state index in [2.05, 4.69) is 0 Å². The van der Waals surface area contributed by atoms with Crippen LogP contribution in [0.2, 0.25) is 0 Å². The zero-order valence-corrected chi connectivity index (χ0v) is 13.1. The number of phenolic OH excluding ortho intramolecular Hbond substituents is 2. The Balaban J connectivity index is 2.47. The monoisotopic (exact) mass is 304 g/mol. The Morgan fingerprint density at radius 3 is 1.77 bits per heavy atom. The Labute approximate surface area is 129 Å². The van der Waals surface area contributed by atoms with Gasteiger partial charge in [-0.3, -0.25) is 0 Å². The molecule has 5 nitrogen and oxygen atoms in total. The van der Waals surface area contributed by atoms with Crippen molar-refractivity contribution in [2.45, 2.75) is 12.8 Å². The van der Waals surface area contributed by atoms with Crippen molar-refractivity contribution in [1.29, 1.82) is 0 Å². The third kappa shape index (κ3) is 2.88. The molecule has 118 valence electrons. The Kier molecular flexibility index (Phi) is 4.65. The molecule has 5 heteroatoms. The van der Waals surface area contributed by atoms with Gasteiger partial charge in [0.25, 0.3) is 0 Å². The van der Waals surface area contributed by atoms with Crippen LogP contribution < -0.4 is 14.2 Å². The molecule has 0 aliphatic carbocycles. The number of hydrogen-bond acceptors (Lipinski definition) is 5. The van der Waals surface area contributed by atoms with Gasteiger partial charge in [0.1, 0.15) is 0 Å². The van der Waals surface area contributed by atoms with Crippen LogP contribution in [0.1, 0.15) is 24.0 Å². The lowest BCUT2D eigenvalue weighted by Gasteiger charge is -2.17. The summed E-state index contributed by atoms with van der Waals surface area (Å²) in [6, 6.07) is 8.74. The first-order valence-corrected chi connectivity index (χ1v) is 6.83. The van der Waals surface area contributed by atoms with E-state index in [4.69, 9.17) is 14.2 Å². The Hall–Kier alpha value is -2.56. The van der Waals surface area contributed by atoms with E-state index < -0.39 is 0 Å². The van der Waals surface area contributed by atoms with E-state index in [-0.39, 0.29) is 17.4 Å². The largest absolute Gasteiger partial charge is 0.504 e. The molecule has 0 saturated heterocycles. The molecule has 0 fully saturated rings. The van der Waals surface area contributed by atoms with Crippen molar-refractivity contribution < 1.29 is 24.4 Å². The Bertz CT molecular complexity index is 641. The molecule has 0 aliphatic rings. The molecule has 1 unspecified atom stereocenters. The third-order valence-corrected chi connectivity index (χ3v) is 3.71. The lowest BCUT2D eigenvalue weighted by molar-refractivity contribution is 0.339. The van der Waals surface area contributed by atoms with Crippen molar-refractivity contribution >= 4 is 0 Å². The van der Waals surface area contributed by atoms with Crippen molar-refractivity contribution in [2.24, 2.45) is 0 Å². The molecule has 2 aromatic carbocycles. The maximum Gasteiger partial charge on any atom is 0.200 e. The lowest BCUT2D eigenvalue weighted by atomic mass is 9.92. The SMILES string of the molecule is COc1cc(C(C)c2cc(OC)c(O)c(OC)c2)ccc1O. The molecule has 0 heterocycles. The fraction of sp³-hybridized carbons (Fsp3) is 0.294. The van der Waals surface area contributed by atoms with Crippen LogP contribution in [0.15, 0.2) is 30.3 Å². The summed E-state index contributed by atoms with van der Waals surface area (Å²) in [6.45, 7) is 2.01. The van der Waals surface area contributed by atoms with Crippen molar-refractivity contribution in [3.8, 4) is 28.7 Å². The highest BCUT2D eigenvalue weighted by atomic mass is 16.5. The smallest absolute Gasteiger partial charge is 0.200 e. The second kappa shape index (κ2) is 6.47. The fourth-order valence-corrected chi connectivity index (χ4v) is 2.32. The molecule has 2 N–H and O–H groups in total. The van der Waals surface area contributed by atoms with Crippen LogP contribution in [0.25, 0.3) is 0 Å². The molecule has 0 spiro atoms. The summed E-state index contributed by atoms with van der Waals surface area (Å²) in [4.78, 5) is 0. The molecule has 1 atom stereocenters. The van der Waals surface area contributed by atoms with Gasteiger partial charge < -0.3 is 24.4 Å². The number of methoxy groups -OCH3 is 3. The van der Waals surface area contributed by atoms with Gasteiger partial charge in [0.2, 0.25) is 5.75 Å². The summed E-state index contributed by atoms with van der Waals surface area (Å²) < 4.78 is 15.5. The molecule has 2 rings (SSSR count). The van der Waals surface area contributed by atoms with E-state index in [1.54, 1.807) is 24.3 Å². The van der Waals surface area contributed by atoms with E-state index in [1.165, 1.54) is 21.3 Å². The Morgan fingerprint density at radius 1 is 0.773 bits per heavy atom. The maximum atomic E-state index is 9.98. The molecule has 0 radical (unpaired) electrons. The average molecular weight is 304 g/mol. The molecular weight excluding hydrogens is 284 g/mol. The number of benzene rings is 2. The van der Waals surface area contributed by atoms with Crippen LogP contribution in [-0.2, 0) is 0 Å². The number of phenols is 2. The zero-order valence-electron chi connectivity index (χ0n) is 13.1. The molecular formula is C17H20O5. The van der Waals surface area contributed by atoms with Gasteiger partial charge in [-0.1, -0.05) is 13.0 Å². The minimum Gasteiger partial charge on any atom is -0.504 e. The molecule has 0 saturated carbocycles. The van der Waals surface area contributed by atoms with Crippen LogP contribution in [0.3, 0.4) is 0 Å². The van der Waals surface area contributed by atoms with Crippen LogP contribution in [0, 0.1) is 0 Å². The number of rotatable bonds is 5. The van der Waals surface area contributed by atoms with Gasteiger partial charge in [-0.15, -0.1) is 0 Å². The predicted molar refractivity (Wildman–Crippen MR) is 83.4 cm³/mol. The summed E-state index contributed by atoms with van der Waals surface area (Å²) in [6.07, 6.45) is 0. The summed E-state index contributed by atoms with van der Waals surface area (Å²) >= 11 is 0. The van der Waals surface area contributed by atoms with Gasteiger partial charge in [-0.05, 0) is 35.4 Å². The van der Waals surface area contributed by atoms with Crippen LogP contribution in [0.4, 0.5) is 0 Å². The normalized spacial score (nSPS) is 11.8. The maximum absolute atomic E-state index is 9.98. The van der Waals surface area contributed by atoms with Crippen LogP contribution in [0.5, 0.6) is 28.7 Å². The molecule has 0 aliphatic heterocycles. The fourth-order valence-electron chi connectivity index (χ4n) is 2.32. The highest BCUT2D eigenvalue weighted by Crippen LogP contribution is 2.41. The van der Waals surface area contributed by atoms with E-state index in [0.29, 0.717) is 17.2 Å². The predicted octanol–water partition coefficient (Wildman–Crippen LogP) is 3.28. The first-order valence-electron chi connectivity index (χ1n) is 6.83. The topological polar surface area (TPSA) is 68.2 Å². The van der Waals surface area contributed by atoms with E-state index >= 15 is 0 Å². The van der Waals surface area contributed by atoms with Gasteiger partial charge in [0.15, 0.2) is 23.0 Å². The number of hydrogen-bond donors (Lipinski definition) is 2. The second-order valence-corrected chi connectivity index (χ2v) is 4.93. The molecule has 0 amide bonds. The lowest BCUT2D eigenvalue weighted by Crippen LogP contribution is -1.99. The van der Waals surface area contributed by atoms with Gasteiger partial charge in [-0.2, -0.15) is 0 Å². The minimum atomic E-state index is -0.0239. The summed E-state index contributed by atoms with van der Waals surface area (Å²) in [5.41, 5.74) is 1.88. The Morgan fingerprint density at radius 2 is 1.27 bits per heavy atom. The molecule has 0 aromatic heterocycles. The third-order valence-electron chi connectivity index (χ3n) is 3.71. The number of aromatic hydroxyl groups is 2. The second-order valence-electron chi connectivity index (χ2n) is 4.93. The van der Waals surface area contributed by atoms with E-state index in [9.17, 15) is 10.2 Å². The minimum absolute atomic E-state index is 0.00194. The number of ether oxygens (including phenoxy) is 3.